The number of para-hydroxylation sites is 1. The van der Waals surface area contributed by atoms with E-state index in [2.05, 4.69) is 15.0 Å². The standard InChI is InChI=1S/C23H20N4O2/c1-16-11-12-18(13-24-16)23(29)27(14-17-7-3-2-4-8-17)15-21-25-20-10-6-5-9-19(20)22(28)26-21/h2-13H,14-15H2,1H3,(H,25,26,28). The van der Waals surface area contributed by atoms with Crippen LogP contribution in [0.15, 0.2) is 77.7 Å². The first-order valence-corrected chi connectivity index (χ1v) is 9.34. The maximum absolute atomic E-state index is 13.2. The summed E-state index contributed by atoms with van der Waals surface area (Å²) in [5.74, 6) is 0.273. The summed E-state index contributed by atoms with van der Waals surface area (Å²) in [4.78, 5) is 38.8. The van der Waals surface area contributed by atoms with E-state index in [1.165, 1.54) is 0 Å². The number of aromatic amines is 1. The second kappa shape index (κ2) is 8.06. The van der Waals surface area contributed by atoms with Gasteiger partial charge in [0.05, 0.1) is 23.0 Å². The smallest absolute Gasteiger partial charge is 0.258 e. The topological polar surface area (TPSA) is 79.0 Å². The molecule has 1 amide bonds. The second-order valence-electron chi connectivity index (χ2n) is 6.86. The highest BCUT2D eigenvalue weighted by Crippen LogP contribution is 2.14. The van der Waals surface area contributed by atoms with E-state index in [-0.39, 0.29) is 18.0 Å². The number of aromatic nitrogens is 3. The molecule has 6 heteroatoms. The molecule has 29 heavy (non-hydrogen) atoms. The molecule has 2 aromatic heterocycles. The molecule has 0 aliphatic carbocycles. The van der Waals surface area contributed by atoms with Crippen molar-refractivity contribution in [2.24, 2.45) is 0 Å². The van der Waals surface area contributed by atoms with E-state index in [9.17, 15) is 9.59 Å². The zero-order valence-corrected chi connectivity index (χ0v) is 16.0. The van der Waals surface area contributed by atoms with Gasteiger partial charge in [0.15, 0.2) is 0 Å². The van der Waals surface area contributed by atoms with E-state index < -0.39 is 0 Å². The fourth-order valence-electron chi connectivity index (χ4n) is 3.17. The van der Waals surface area contributed by atoms with Crippen molar-refractivity contribution < 1.29 is 4.79 Å². The number of hydrogen-bond acceptors (Lipinski definition) is 4. The number of pyridine rings is 1. The maximum Gasteiger partial charge on any atom is 0.258 e. The average molecular weight is 384 g/mol. The van der Waals surface area contributed by atoms with E-state index in [4.69, 9.17) is 0 Å². The highest BCUT2D eigenvalue weighted by atomic mass is 16.2. The van der Waals surface area contributed by atoms with Gasteiger partial charge in [-0.2, -0.15) is 0 Å². The number of aryl methyl sites for hydroxylation is 1. The number of carbonyl (C=O) groups excluding carboxylic acids is 1. The Kier molecular flexibility index (Phi) is 5.16. The lowest BCUT2D eigenvalue weighted by atomic mass is 10.1. The lowest BCUT2D eigenvalue weighted by Gasteiger charge is -2.22. The molecule has 0 bridgehead atoms. The first-order valence-electron chi connectivity index (χ1n) is 9.34. The molecule has 0 atom stereocenters. The summed E-state index contributed by atoms with van der Waals surface area (Å²) in [6.07, 6.45) is 1.58. The summed E-state index contributed by atoms with van der Waals surface area (Å²) >= 11 is 0. The van der Waals surface area contributed by atoms with Gasteiger partial charge in [0, 0.05) is 18.4 Å². The van der Waals surface area contributed by atoms with Gasteiger partial charge in [0.25, 0.3) is 11.5 Å². The Labute approximate surface area is 167 Å². The summed E-state index contributed by atoms with van der Waals surface area (Å²) in [5.41, 5.74) is 2.72. The lowest BCUT2D eigenvalue weighted by Crippen LogP contribution is -2.31. The highest BCUT2D eigenvalue weighted by Gasteiger charge is 2.18. The Balaban J connectivity index is 1.69. The molecule has 1 N–H and O–H groups in total. The SMILES string of the molecule is Cc1ccc(C(=O)N(Cc2ccccc2)Cc2nc3ccccc3c(=O)[nH]2)cn1. The number of fused-ring (bicyclic) bond motifs is 1. The average Bonchev–Trinajstić information content (AvgIpc) is 2.74. The zero-order chi connectivity index (χ0) is 20.2. The minimum absolute atomic E-state index is 0.169. The van der Waals surface area contributed by atoms with Crippen LogP contribution in [-0.2, 0) is 13.1 Å². The van der Waals surface area contributed by atoms with Gasteiger partial charge in [-0.15, -0.1) is 0 Å². The molecule has 144 valence electrons. The van der Waals surface area contributed by atoms with Gasteiger partial charge in [-0.1, -0.05) is 42.5 Å². The molecule has 2 aromatic carbocycles. The quantitative estimate of drug-likeness (QED) is 0.571. The van der Waals surface area contributed by atoms with Gasteiger partial charge in [-0.05, 0) is 36.8 Å². The predicted octanol–water partition coefficient (Wildman–Crippen LogP) is 3.47. The van der Waals surface area contributed by atoms with E-state index in [0.29, 0.717) is 28.8 Å². The third-order valence-electron chi connectivity index (χ3n) is 4.66. The Morgan fingerprint density at radius 3 is 2.48 bits per heavy atom. The number of rotatable bonds is 5. The molecule has 2 heterocycles. The third-order valence-corrected chi connectivity index (χ3v) is 4.66. The van der Waals surface area contributed by atoms with Gasteiger partial charge in [-0.3, -0.25) is 14.6 Å². The van der Waals surface area contributed by atoms with Crippen LogP contribution >= 0.6 is 0 Å². The molecular weight excluding hydrogens is 364 g/mol. The van der Waals surface area contributed by atoms with Gasteiger partial charge >= 0.3 is 0 Å². The van der Waals surface area contributed by atoms with Crippen LogP contribution in [0.4, 0.5) is 0 Å². The Morgan fingerprint density at radius 2 is 1.72 bits per heavy atom. The van der Waals surface area contributed by atoms with Crippen molar-refractivity contribution in [3.8, 4) is 0 Å². The molecule has 6 nitrogen and oxygen atoms in total. The monoisotopic (exact) mass is 384 g/mol. The van der Waals surface area contributed by atoms with Crippen LogP contribution in [0, 0.1) is 6.92 Å². The van der Waals surface area contributed by atoms with E-state index in [1.807, 2.05) is 49.4 Å². The fraction of sp³-hybridized carbons (Fsp3) is 0.130. The van der Waals surface area contributed by atoms with E-state index in [0.717, 1.165) is 11.3 Å². The normalized spacial score (nSPS) is 10.8. The van der Waals surface area contributed by atoms with Crippen LogP contribution < -0.4 is 5.56 Å². The molecular formula is C23H20N4O2. The van der Waals surface area contributed by atoms with Crippen LogP contribution in [-0.4, -0.2) is 25.8 Å². The molecule has 0 saturated carbocycles. The summed E-state index contributed by atoms with van der Waals surface area (Å²) in [6, 6.07) is 20.5. The number of amides is 1. The Morgan fingerprint density at radius 1 is 0.966 bits per heavy atom. The van der Waals surface area contributed by atoms with E-state index >= 15 is 0 Å². The number of nitrogens with one attached hydrogen (secondary N) is 1. The van der Waals surface area contributed by atoms with Gasteiger partial charge in [0.2, 0.25) is 0 Å². The van der Waals surface area contributed by atoms with E-state index in [1.54, 1.807) is 35.4 Å². The first kappa shape index (κ1) is 18.6. The summed E-state index contributed by atoms with van der Waals surface area (Å²) in [5, 5.41) is 0.528. The minimum Gasteiger partial charge on any atom is -0.327 e. The third kappa shape index (κ3) is 4.21. The largest absolute Gasteiger partial charge is 0.327 e. The van der Waals surface area contributed by atoms with Crippen molar-refractivity contribution in [2.75, 3.05) is 0 Å². The van der Waals surface area contributed by atoms with Gasteiger partial charge < -0.3 is 9.88 Å². The van der Waals surface area contributed by atoms with Crippen molar-refractivity contribution >= 4 is 16.8 Å². The second-order valence-corrected chi connectivity index (χ2v) is 6.86. The summed E-state index contributed by atoms with van der Waals surface area (Å²) in [6.45, 7) is 2.45. The lowest BCUT2D eigenvalue weighted by molar-refractivity contribution is 0.0725. The van der Waals surface area contributed by atoms with Crippen molar-refractivity contribution in [1.29, 1.82) is 0 Å². The first-order chi connectivity index (χ1) is 14.1. The molecule has 0 radical (unpaired) electrons. The molecule has 0 fully saturated rings. The zero-order valence-electron chi connectivity index (χ0n) is 16.0. The van der Waals surface area contributed by atoms with Crippen LogP contribution in [0.2, 0.25) is 0 Å². The number of carbonyl (C=O) groups is 1. The molecule has 0 aliphatic heterocycles. The molecule has 0 spiro atoms. The van der Waals surface area contributed by atoms with Gasteiger partial charge in [-0.25, -0.2) is 4.98 Å². The Hall–Kier alpha value is -3.80. The fourth-order valence-corrected chi connectivity index (χ4v) is 3.17. The van der Waals surface area contributed by atoms with Crippen molar-refractivity contribution in [3.05, 3.63) is 106 Å². The molecule has 0 saturated heterocycles. The highest BCUT2D eigenvalue weighted by molar-refractivity contribution is 5.93. The molecule has 4 aromatic rings. The maximum atomic E-state index is 13.2. The van der Waals surface area contributed by atoms with Crippen molar-refractivity contribution in [3.63, 3.8) is 0 Å². The number of hydrogen-bond donors (Lipinski definition) is 1. The minimum atomic E-state index is -0.213. The van der Waals surface area contributed by atoms with Crippen molar-refractivity contribution in [2.45, 2.75) is 20.0 Å². The predicted molar refractivity (Wildman–Crippen MR) is 111 cm³/mol. The molecule has 4 rings (SSSR count). The van der Waals surface area contributed by atoms with Crippen LogP contribution in [0.3, 0.4) is 0 Å². The van der Waals surface area contributed by atoms with Crippen LogP contribution in [0.25, 0.3) is 10.9 Å². The van der Waals surface area contributed by atoms with Crippen molar-refractivity contribution in [1.82, 2.24) is 19.9 Å². The Bertz CT molecular complexity index is 1200. The van der Waals surface area contributed by atoms with Crippen LogP contribution in [0.5, 0.6) is 0 Å². The van der Waals surface area contributed by atoms with Gasteiger partial charge in [0.1, 0.15) is 5.82 Å². The summed E-state index contributed by atoms with van der Waals surface area (Å²) < 4.78 is 0. The number of nitrogens with zero attached hydrogens (tertiary/aromatic N) is 3. The summed E-state index contributed by atoms with van der Waals surface area (Å²) in [7, 11) is 0. The number of H-pyrrole nitrogens is 1. The van der Waals surface area contributed by atoms with Crippen LogP contribution in [0.1, 0.15) is 27.4 Å². The molecule has 0 unspecified atom stereocenters. The number of benzene rings is 2. The molecule has 0 aliphatic rings.